The van der Waals surface area contributed by atoms with Gasteiger partial charge in [0, 0.05) is 17.1 Å². The largest absolute Gasteiger partial charge is 0.478 e. The molecule has 0 aliphatic rings. The molecule has 0 atom stereocenters. The summed E-state index contributed by atoms with van der Waals surface area (Å²) >= 11 is 3.28. The first-order valence-electron chi connectivity index (χ1n) is 5.13. The molecule has 0 radical (unpaired) electrons. The minimum atomic E-state index is -0.968. The van der Waals surface area contributed by atoms with Crippen molar-refractivity contribution in [3.63, 3.8) is 0 Å². The molecule has 92 valence electrons. The zero-order valence-corrected chi connectivity index (χ0v) is 10.7. The molecule has 1 aromatic carbocycles. The molecule has 1 rings (SSSR count). The summed E-state index contributed by atoms with van der Waals surface area (Å²) in [7, 11) is 0. The first-order valence-corrected chi connectivity index (χ1v) is 5.93. The van der Waals surface area contributed by atoms with Gasteiger partial charge in [-0.3, -0.25) is 0 Å². The second-order valence-electron chi connectivity index (χ2n) is 3.43. The van der Waals surface area contributed by atoms with Crippen molar-refractivity contribution < 1.29 is 14.3 Å². The number of carboxylic acids is 1. The van der Waals surface area contributed by atoms with Crippen LogP contribution in [0.5, 0.6) is 0 Å². The lowest BCUT2D eigenvalue weighted by Crippen LogP contribution is -2.17. The molecule has 17 heavy (non-hydrogen) atoms. The van der Waals surface area contributed by atoms with E-state index in [1.807, 2.05) is 0 Å². The van der Waals surface area contributed by atoms with E-state index in [1.165, 1.54) is 12.1 Å². The summed E-state index contributed by atoms with van der Waals surface area (Å²) in [6.07, 6.45) is 3.15. The molecule has 0 amide bonds. The Morgan fingerprint density at radius 1 is 1.53 bits per heavy atom. The molecule has 3 nitrogen and oxygen atoms in total. The Bertz CT molecular complexity index is 421. The third-order valence-electron chi connectivity index (χ3n) is 2.10. The zero-order chi connectivity index (χ0) is 12.7. The summed E-state index contributed by atoms with van der Waals surface area (Å²) in [5.74, 6) is -1.19. The van der Waals surface area contributed by atoms with Crippen molar-refractivity contribution in [1.82, 2.24) is 5.32 Å². The smallest absolute Gasteiger partial charge is 0.328 e. The topological polar surface area (TPSA) is 49.3 Å². The highest BCUT2D eigenvalue weighted by Gasteiger charge is 2.01. The van der Waals surface area contributed by atoms with Crippen LogP contribution in [0.1, 0.15) is 5.56 Å². The first-order chi connectivity index (χ1) is 8.09. The highest BCUT2D eigenvalue weighted by molar-refractivity contribution is 9.10. The van der Waals surface area contributed by atoms with Crippen molar-refractivity contribution in [3.05, 3.63) is 46.2 Å². The van der Waals surface area contributed by atoms with Crippen LogP contribution in [0.3, 0.4) is 0 Å². The highest BCUT2D eigenvalue weighted by atomic mass is 79.9. The molecular formula is C12H13BrFNO2. The molecule has 1 aromatic rings. The van der Waals surface area contributed by atoms with E-state index in [0.717, 1.165) is 10.5 Å². The number of hydrogen-bond donors (Lipinski definition) is 2. The summed E-state index contributed by atoms with van der Waals surface area (Å²) in [4.78, 5) is 10.2. The van der Waals surface area contributed by atoms with Gasteiger partial charge in [-0.25, -0.2) is 9.18 Å². The van der Waals surface area contributed by atoms with Gasteiger partial charge >= 0.3 is 5.97 Å². The van der Waals surface area contributed by atoms with Gasteiger partial charge in [0.1, 0.15) is 5.82 Å². The number of carboxylic acid groups (broad SMARTS) is 1. The van der Waals surface area contributed by atoms with Gasteiger partial charge in [-0.05, 0) is 36.7 Å². The van der Waals surface area contributed by atoms with E-state index in [4.69, 9.17) is 5.11 Å². The molecule has 0 unspecified atom stereocenters. The second-order valence-corrected chi connectivity index (χ2v) is 4.35. The Labute approximate surface area is 107 Å². The van der Waals surface area contributed by atoms with Gasteiger partial charge in [-0.2, -0.15) is 0 Å². The predicted octanol–water partition coefficient (Wildman–Crippen LogP) is 2.36. The SMILES string of the molecule is O=C(O)/C=C/CNCCc1cc(Br)ccc1F. The van der Waals surface area contributed by atoms with Crippen molar-refractivity contribution in [2.45, 2.75) is 6.42 Å². The van der Waals surface area contributed by atoms with Crippen LogP contribution in [0.25, 0.3) is 0 Å². The average molecular weight is 302 g/mol. The maximum absolute atomic E-state index is 13.3. The van der Waals surface area contributed by atoms with Gasteiger partial charge in [0.15, 0.2) is 0 Å². The Morgan fingerprint density at radius 3 is 3.00 bits per heavy atom. The van der Waals surface area contributed by atoms with Crippen molar-refractivity contribution >= 4 is 21.9 Å². The van der Waals surface area contributed by atoms with Crippen LogP contribution in [0.15, 0.2) is 34.8 Å². The number of hydrogen-bond acceptors (Lipinski definition) is 2. The standard InChI is InChI=1S/C12H13BrFNO2/c13-10-3-4-11(14)9(8-10)5-7-15-6-1-2-12(16)17/h1-4,8,15H,5-7H2,(H,16,17)/b2-1+. The van der Waals surface area contributed by atoms with E-state index >= 15 is 0 Å². The van der Waals surface area contributed by atoms with Crippen molar-refractivity contribution in [1.29, 1.82) is 0 Å². The molecule has 2 N–H and O–H groups in total. The summed E-state index contributed by atoms with van der Waals surface area (Å²) in [6.45, 7) is 1.05. The van der Waals surface area contributed by atoms with Crippen LogP contribution in [0.4, 0.5) is 4.39 Å². The average Bonchev–Trinajstić information content (AvgIpc) is 2.27. The molecule has 0 bridgehead atoms. The van der Waals surface area contributed by atoms with Crippen LogP contribution in [0, 0.1) is 5.82 Å². The fourth-order valence-corrected chi connectivity index (χ4v) is 1.71. The maximum atomic E-state index is 13.3. The lowest BCUT2D eigenvalue weighted by atomic mass is 10.1. The van der Waals surface area contributed by atoms with Gasteiger partial charge < -0.3 is 10.4 Å². The summed E-state index contributed by atoms with van der Waals surface area (Å²) in [6, 6.07) is 4.82. The van der Waals surface area contributed by atoms with E-state index < -0.39 is 5.97 Å². The fraction of sp³-hybridized carbons (Fsp3) is 0.250. The van der Waals surface area contributed by atoms with Crippen LogP contribution in [0.2, 0.25) is 0 Å². The van der Waals surface area contributed by atoms with Crippen LogP contribution in [-0.2, 0) is 11.2 Å². The summed E-state index contributed by atoms with van der Waals surface area (Å²) in [5.41, 5.74) is 0.633. The van der Waals surface area contributed by atoms with Gasteiger partial charge in [0.05, 0.1) is 0 Å². The number of benzene rings is 1. The molecular weight excluding hydrogens is 289 g/mol. The monoisotopic (exact) mass is 301 g/mol. The van der Waals surface area contributed by atoms with Gasteiger partial charge in [0.25, 0.3) is 0 Å². The minimum absolute atomic E-state index is 0.226. The Balaban J connectivity index is 2.31. The number of nitrogens with one attached hydrogen (secondary N) is 1. The van der Waals surface area contributed by atoms with E-state index in [2.05, 4.69) is 21.2 Å². The molecule has 0 aromatic heterocycles. The minimum Gasteiger partial charge on any atom is -0.478 e. The molecule has 0 heterocycles. The molecule has 0 saturated heterocycles. The molecule has 5 heteroatoms. The van der Waals surface area contributed by atoms with Crippen LogP contribution >= 0.6 is 15.9 Å². The van der Waals surface area contributed by atoms with Gasteiger partial charge in [0.2, 0.25) is 0 Å². The normalized spacial score (nSPS) is 10.9. The lowest BCUT2D eigenvalue weighted by Gasteiger charge is -2.04. The van der Waals surface area contributed by atoms with Crippen LogP contribution in [-0.4, -0.2) is 24.2 Å². The van der Waals surface area contributed by atoms with E-state index in [-0.39, 0.29) is 5.82 Å². The maximum Gasteiger partial charge on any atom is 0.328 e. The Hall–Kier alpha value is -1.20. The number of rotatable bonds is 6. The van der Waals surface area contributed by atoms with E-state index in [0.29, 0.717) is 25.1 Å². The van der Waals surface area contributed by atoms with Gasteiger partial charge in [-0.1, -0.05) is 22.0 Å². The summed E-state index contributed by atoms with van der Waals surface area (Å²) in [5, 5.41) is 11.3. The van der Waals surface area contributed by atoms with Crippen LogP contribution < -0.4 is 5.32 Å². The molecule has 0 fully saturated rings. The third kappa shape index (κ3) is 5.60. The summed E-state index contributed by atoms with van der Waals surface area (Å²) < 4.78 is 14.2. The number of halogens is 2. The van der Waals surface area contributed by atoms with Gasteiger partial charge in [-0.15, -0.1) is 0 Å². The third-order valence-corrected chi connectivity index (χ3v) is 2.59. The zero-order valence-electron chi connectivity index (χ0n) is 9.12. The Kier molecular flexibility index (Phi) is 5.86. The molecule has 0 aliphatic heterocycles. The van der Waals surface area contributed by atoms with Crippen molar-refractivity contribution in [2.75, 3.05) is 13.1 Å². The predicted molar refractivity (Wildman–Crippen MR) is 67.4 cm³/mol. The number of carbonyl (C=O) groups is 1. The molecule has 0 aliphatic carbocycles. The van der Waals surface area contributed by atoms with E-state index in [1.54, 1.807) is 12.1 Å². The second kappa shape index (κ2) is 7.19. The number of aliphatic carboxylic acids is 1. The highest BCUT2D eigenvalue weighted by Crippen LogP contribution is 2.15. The van der Waals surface area contributed by atoms with E-state index in [9.17, 15) is 9.18 Å². The van der Waals surface area contributed by atoms with Crippen molar-refractivity contribution in [2.24, 2.45) is 0 Å². The molecule has 0 spiro atoms. The first kappa shape index (κ1) is 13.9. The Morgan fingerprint density at radius 2 is 2.29 bits per heavy atom. The molecule has 0 saturated carbocycles. The lowest BCUT2D eigenvalue weighted by molar-refractivity contribution is -0.131. The van der Waals surface area contributed by atoms with Crippen molar-refractivity contribution in [3.8, 4) is 0 Å². The fourth-order valence-electron chi connectivity index (χ4n) is 1.30. The quantitative estimate of drug-likeness (QED) is 0.626.